The number of anilines is 1. The van der Waals surface area contributed by atoms with Crippen molar-refractivity contribution < 1.29 is 4.79 Å². The third kappa shape index (κ3) is 3.79. The van der Waals surface area contributed by atoms with Gasteiger partial charge in [0, 0.05) is 21.3 Å². The van der Waals surface area contributed by atoms with E-state index in [4.69, 9.17) is 0 Å². The summed E-state index contributed by atoms with van der Waals surface area (Å²) in [5.74, 6) is 0.230. The lowest BCUT2D eigenvalue weighted by Gasteiger charge is -2.08. The van der Waals surface area contributed by atoms with Crippen molar-refractivity contribution in [3.63, 3.8) is 0 Å². The molecule has 0 spiro atoms. The van der Waals surface area contributed by atoms with Crippen molar-refractivity contribution in [1.29, 1.82) is 0 Å². The first kappa shape index (κ1) is 18.8. The van der Waals surface area contributed by atoms with Crippen LogP contribution in [0.1, 0.15) is 0 Å². The van der Waals surface area contributed by atoms with Crippen LogP contribution in [-0.2, 0) is 4.79 Å². The van der Waals surface area contributed by atoms with Crippen molar-refractivity contribution in [2.75, 3.05) is 11.1 Å². The van der Waals surface area contributed by atoms with Crippen LogP contribution in [0.2, 0.25) is 0 Å². The Morgan fingerprint density at radius 3 is 2.60 bits per heavy atom. The Kier molecular flexibility index (Phi) is 5.17. The lowest BCUT2D eigenvalue weighted by Crippen LogP contribution is -2.14. The van der Waals surface area contributed by atoms with Crippen molar-refractivity contribution in [2.45, 2.75) is 5.03 Å². The molecule has 0 fully saturated rings. The van der Waals surface area contributed by atoms with Crippen LogP contribution in [0.25, 0.3) is 31.4 Å². The third-order valence-corrected chi connectivity index (χ3v) is 6.85. The van der Waals surface area contributed by atoms with Crippen LogP contribution in [-0.4, -0.2) is 21.6 Å². The zero-order valence-electron chi connectivity index (χ0n) is 15.9. The van der Waals surface area contributed by atoms with Gasteiger partial charge in [-0.15, -0.1) is 11.3 Å². The van der Waals surface area contributed by atoms with E-state index in [2.05, 4.69) is 33.5 Å². The normalized spacial score (nSPS) is 11.1. The molecule has 0 bridgehead atoms. The lowest BCUT2D eigenvalue weighted by molar-refractivity contribution is -0.113. The number of thioether (sulfide) groups is 1. The largest absolute Gasteiger partial charge is 0.325 e. The minimum atomic E-state index is -0.0540. The molecule has 2 heterocycles. The van der Waals surface area contributed by atoms with Gasteiger partial charge in [0.15, 0.2) is 0 Å². The lowest BCUT2D eigenvalue weighted by atomic mass is 10.1. The molecule has 5 aromatic rings. The van der Waals surface area contributed by atoms with Crippen molar-refractivity contribution >= 4 is 55.7 Å². The minimum absolute atomic E-state index is 0.0540. The highest BCUT2D eigenvalue weighted by molar-refractivity contribution is 8.00. The van der Waals surface area contributed by atoms with E-state index in [1.54, 1.807) is 17.7 Å². The summed E-state index contributed by atoms with van der Waals surface area (Å²) in [5.41, 5.74) is 1.98. The molecule has 146 valence electrons. The van der Waals surface area contributed by atoms with Gasteiger partial charge < -0.3 is 5.32 Å². The van der Waals surface area contributed by atoms with Crippen molar-refractivity contribution in [3.05, 3.63) is 85.2 Å². The zero-order valence-corrected chi connectivity index (χ0v) is 17.5. The van der Waals surface area contributed by atoms with E-state index in [-0.39, 0.29) is 11.7 Å². The SMILES string of the molecule is O=C(CSc1ncnc2sc(-c3ccccc3)cc12)Nc1cccc2ccccc12. The van der Waals surface area contributed by atoms with Crippen LogP contribution in [0.5, 0.6) is 0 Å². The second-order valence-corrected chi connectivity index (χ2v) is 8.73. The molecule has 0 saturated heterocycles. The topological polar surface area (TPSA) is 54.9 Å². The number of nitrogens with zero attached hydrogens (tertiary/aromatic N) is 2. The van der Waals surface area contributed by atoms with Gasteiger partial charge in [-0.2, -0.15) is 0 Å². The Morgan fingerprint density at radius 1 is 0.900 bits per heavy atom. The van der Waals surface area contributed by atoms with E-state index in [0.717, 1.165) is 42.1 Å². The molecule has 0 aliphatic rings. The molecule has 1 amide bonds. The summed E-state index contributed by atoms with van der Waals surface area (Å²) in [7, 11) is 0. The predicted molar refractivity (Wildman–Crippen MR) is 126 cm³/mol. The van der Waals surface area contributed by atoms with Crippen LogP contribution in [0, 0.1) is 0 Å². The van der Waals surface area contributed by atoms with E-state index in [1.807, 2.05) is 60.7 Å². The third-order valence-electron chi connectivity index (χ3n) is 4.75. The fraction of sp³-hybridized carbons (Fsp3) is 0.0417. The van der Waals surface area contributed by atoms with Crippen molar-refractivity contribution in [1.82, 2.24) is 9.97 Å². The molecular weight excluding hydrogens is 410 g/mol. The average molecular weight is 428 g/mol. The van der Waals surface area contributed by atoms with E-state index >= 15 is 0 Å². The molecular formula is C24H17N3OS2. The van der Waals surface area contributed by atoms with Crippen LogP contribution in [0.4, 0.5) is 5.69 Å². The van der Waals surface area contributed by atoms with Crippen molar-refractivity contribution in [3.8, 4) is 10.4 Å². The number of aromatic nitrogens is 2. The maximum absolute atomic E-state index is 12.6. The quantitative estimate of drug-likeness (QED) is 0.266. The average Bonchev–Trinajstić information content (AvgIpc) is 3.24. The molecule has 2 aromatic heterocycles. The fourth-order valence-corrected chi connectivity index (χ4v) is 5.19. The fourth-order valence-electron chi connectivity index (χ4n) is 3.35. The molecule has 0 aliphatic heterocycles. The summed E-state index contributed by atoms with van der Waals surface area (Å²) < 4.78 is 0. The molecule has 0 atom stereocenters. The Morgan fingerprint density at radius 2 is 1.70 bits per heavy atom. The molecule has 0 aliphatic carbocycles. The summed E-state index contributed by atoms with van der Waals surface area (Å²) in [6, 6.07) is 26.3. The first-order valence-electron chi connectivity index (χ1n) is 9.48. The van der Waals surface area contributed by atoms with Gasteiger partial charge in [-0.05, 0) is 23.1 Å². The number of hydrogen-bond acceptors (Lipinski definition) is 5. The Balaban J connectivity index is 1.34. The molecule has 4 nitrogen and oxygen atoms in total. The standard InChI is InChI=1S/C24H17N3OS2/c28-22(27-20-12-6-10-16-7-4-5-11-18(16)20)14-29-23-19-13-21(17-8-2-1-3-9-17)30-24(19)26-15-25-23/h1-13,15H,14H2,(H,27,28). The smallest absolute Gasteiger partial charge is 0.234 e. The highest BCUT2D eigenvalue weighted by Crippen LogP contribution is 2.36. The summed E-state index contributed by atoms with van der Waals surface area (Å²) in [6.45, 7) is 0. The summed E-state index contributed by atoms with van der Waals surface area (Å²) >= 11 is 3.07. The summed E-state index contributed by atoms with van der Waals surface area (Å²) in [6.07, 6.45) is 1.57. The second kappa shape index (κ2) is 8.26. The van der Waals surface area contributed by atoms with Gasteiger partial charge in [-0.25, -0.2) is 9.97 Å². The van der Waals surface area contributed by atoms with Gasteiger partial charge in [-0.3, -0.25) is 4.79 Å². The number of benzene rings is 3. The maximum Gasteiger partial charge on any atom is 0.234 e. The number of hydrogen-bond donors (Lipinski definition) is 1. The summed E-state index contributed by atoms with van der Waals surface area (Å²) in [4.78, 5) is 23.5. The van der Waals surface area contributed by atoms with Crippen LogP contribution >= 0.6 is 23.1 Å². The van der Waals surface area contributed by atoms with Gasteiger partial charge in [0.05, 0.1) is 5.75 Å². The van der Waals surface area contributed by atoms with Crippen LogP contribution in [0.15, 0.2) is 90.2 Å². The molecule has 6 heteroatoms. The molecule has 0 saturated carbocycles. The minimum Gasteiger partial charge on any atom is -0.325 e. The van der Waals surface area contributed by atoms with E-state index in [0.29, 0.717) is 0 Å². The van der Waals surface area contributed by atoms with E-state index < -0.39 is 0 Å². The highest BCUT2D eigenvalue weighted by atomic mass is 32.2. The number of rotatable bonds is 5. The van der Waals surface area contributed by atoms with E-state index in [1.165, 1.54) is 11.8 Å². The molecule has 30 heavy (non-hydrogen) atoms. The maximum atomic E-state index is 12.6. The zero-order chi connectivity index (χ0) is 20.3. The second-order valence-electron chi connectivity index (χ2n) is 6.74. The summed E-state index contributed by atoms with van der Waals surface area (Å²) in [5, 5.41) is 6.99. The molecule has 0 unspecified atom stereocenters. The molecule has 5 rings (SSSR count). The van der Waals surface area contributed by atoms with Crippen LogP contribution < -0.4 is 5.32 Å². The van der Waals surface area contributed by atoms with E-state index in [9.17, 15) is 4.79 Å². The van der Waals surface area contributed by atoms with Gasteiger partial charge in [-0.1, -0.05) is 78.5 Å². The number of amides is 1. The molecule has 3 aromatic carbocycles. The Bertz CT molecular complexity index is 1340. The Hall–Kier alpha value is -3.22. The molecule has 1 N–H and O–H groups in total. The number of carbonyl (C=O) groups excluding carboxylic acids is 1. The first-order valence-corrected chi connectivity index (χ1v) is 11.3. The van der Waals surface area contributed by atoms with Crippen molar-refractivity contribution in [2.24, 2.45) is 0 Å². The van der Waals surface area contributed by atoms with Gasteiger partial charge in [0.2, 0.25) is 5.91 Å². The monoisotopic (exact) mass is 427 g/mol. The predicted octanol–water partition coefficient (Wildman–Crippen LogP) is 6.24. The molecule has 0 radical (unpaired) electrons. The van der Waals surface area contributed by atoms with Gasteiger partial charge in [0.25, 0.3) is 0 Å². The Labute approximate surface area is 182 Å². The highest BCUT2D eigenvalue weighted by Gasteiger charge is 2.13. The number of thiophene rings is 1. The van der Waals surface area contributed by atoms with Crippen LogP contribution in [0.3, 0.4) is 0 Å². The number of carbonyl (C=O) groups is 1. The van der Waals surface area contributed by atoms with Gasteiger partial charge in [0.1, 0.15) is 16.2 Å². The first-order chi connectivity index (χ1) is 14.8. The number of fused-ring (bicyclic) bond motifs is 2. The number of nitrogens with one attached hydrogen (secondary N) is 1. The van der Waals surface area contributed by atoms with Gasteiger partial charge >= 0.3 is 0 Å².